The minimum absolute atomic E-state index is 0.102. The van der Waals surface area contributed by atoms with Gasteiger partial charge in [-0.3, -0.25) is 9.78 Å². The van der Waals surface area contributed by atoms with Gasteiger partial charge in [0.1, 0.15) is 5.82 Å². The third-order valence-electron chi connectivity index (χ3n) is 3.05. The SMILES string of the molecule is CCCc1cc(=O)[nH]c(C(=Cc2cncc(Br)c2)CC)n1. The van der Waals surface area contributed by atoms with Gasteiger partial charge in [0.15, 0.2) is 0 Å². The number of hydrogen-bond acceptors (Lipinski definition) is 3. The van der Waals surface area contributed by atoms with Crippen molar-refractivity contribution < 1.29 is 0 Å². The Morgan fingerprint density at radius 2 is 2.14 bits per heavy atom. The maximum absolute atomic E-state index is 11.8. The van der Waals surface area contributed by atoms with Crippen LogP contribution in [-0.4, -0.2) is 15.0 Å². The van der Waals surface area contributed by atoms with Crippen LogP contribution in [0, 0.1) is 0 Å². The van der Waals surface area contributed by atoms with E-state index in [1.54, 1.807) is 18.5 Å². The third-order valence-corrected chi connectivity index (χ3v) is 3.49. The summed E-state index contributed by atoms with van der Waals surface area (Å²) in [5.41, 5.74) is 2.70. The highest BCUT2D eigenvalue weighted by atomic mass is 79.9. The molecule has 0 fully saturated rings. The largest absolute Gasteiger partial charge is 0.307 e. The van der Waals surface area contributed by atoms with Gasteiger partial charge in [-0.2, -0.15) is 0 Å². The first-order chi connectivity index (χ1) is 10.1. The summed E-state index contributed by atoms with van der Waals surface area (Å²) in [7, 11) is 0. The van der Waals surface area contributed by atoms with Crippen molar-refractivity contribution >= 4 is 27.6 Å². The molecule has 0 saturated carbocycles. The number of aromatic nitrogens is 3. The molecular weight excluding hydrogens is 330 g/mol. The first-order valence-electron chi connectivity index (χ1n) is 7.04. The highest BCUT2D eigenvalue weighted by molar-refractivity contribution is 9.10. The number of nitrogens with one attached hydrogen (secondary N) is 1. The van der Waals surface area contributed by atoms with Gasteiger partial charge < -0.3 is 4.98 Å². The highest BCUT2D eigenvalue weighted by Crippen LogP contribution is 2.19. The van der Waals surface area contributed by atoms with Crippen LogP contribution in [0.2, 0.25) is 0 Å². The smallest absolute Gasteiger partial charge is 0.251 e. The maximum Gasteiger partial charge on any atom is 0.251 e. The predicted molar refractivity (Wildman–Crippen MR) is 89.0 cm³/mol. The summed E-state index contributed by atoms with van der Waals surface area (Å²) in [5, 5.41) is 0. The quantitative estimate of drug-likeness (QED) is 0.893. The average Bonchev–Trinajstić information content (AvgIpc) is 2.44. The maximum atomic E-state index is 11.8. The van der Waals surface area contributed by atoms with Crippen LogP contribution in [0.25, 0.3) is 11.6 Å². The number of allylic oxidation sites excluding steroid dienone is 1. The summed E-state index contributed by atoms with van der Waals surface area (Å²) in [4.78, 5) is 23.3. The summed E-state index contributed by atoms with van der Waals surface area (Å²) in [6.45, 7) is 4.12. The van der Waals surface area contributed by atoms with Crippen molar-refractivity contribution in [1.82, 2.24) is 15.0 Å². The zero-order valence-corrected chi connectivity index (χ0v) is 13.8. The van der Waals surface area contributed by atoms with Crippen LogP contribution in [0.1, 0.15) is 43.8 Å². The lowest BCUT2D eigenvalue weighted by Crippen LogP contribution is -2.12. The fourth-order valence-corrected chi connectivity index (χ4v) is 2.47. The number of halogens is 1. The molecule has 4 nitrogen and oxygen atoms in total. The van der Waals surface area contributed by atoms with Crippen molar-refractivity contribution in [3.8, 4) is 0 Å². The van der Waals surface area contributed by atoms with Gasteiger partial charge in [0.2, 0.25) is 0 Å². The van der Waals surface area contributed by atoms with Gasteiger partial charge in [-0.1, -0.05) is 20.3 Å². The van der Waals surface area contributed by atoms with Crippen LogP contribution in [-0.2, 0) is 6.42 Å². The van der Waals surface area contributed by atoms with E-state index >= 15 is 0 Å². The van der Waals surface area contributed by atoms with E-state index in [1.165, 1.54) is 0 Å². The zero-order valence-electron chi connectivity index (χ0n) is 12.2. The predicted octanol–water partition coefficient (Wildman–Crippen LogP) is 3.83. The molecule has 2 heterocycles. The monoisotopic (exact) mass is 347 g/mol. The van der Waals surface area contributed by atoms with Crippen LogP contribution in [0.4, 0.5) is 0 Å². The van der Waals surface area contributed by atoms with Crippen molar-refractivity contribution in [3.05, 3.63) is 56.4 Å². The molecule has 2 rings (SSSR count). The lowest BCUT2D eigenvalue weighted by molar-refractivity contribution is 0.857. The molecule has 21 heavy (non-hydrogen) atoms. The van der Waals surface area contributed by atoms with Crippen molar-refractivity contribution in [3.63, 3.8) is 0 Å². The van der Waals surface area contributed by atoms with Crippen molar-refractivity contribution in [2.24, 2.45) is 0 Å². The van der Waals surface area contributed by atoms with E-state index in [4.69, 9.17) is 0 Å². The molecule has 110 valence electrons. The molecule has 0 atom stereocenters. The molecule has 1 N–H and O–H groups in total. The second kappa shape index (κ2) is 7.31. The molecule has 0 unspecified atom stereocenters. The topological polar surface area (TPSA) is 58.6 Å². The van der Waals surface area contributed by atoms with Gasteiger partial charge >= 0.3 is 0 Å². The number of pyridine rings is 1. The summed E-state index contributed by atoms with van der Waals surface area (Å²) >= 11 is 3.41. The van der Waals surface area contributed by atoms with Gasteiger partial charge in [-0.25, -0.2) is 4.98 Å². The number of H-pyrrole nitrogens is 1. The Morgan fingerprint density at radius 3 is 2.81 bits per heavy atom. The fourth-order valence-electron chi connectivity index (χ4n) is 2.09. The van der Waals surface area contributed by atoms with Crippen molar-refractivity contribution in [2.75, 3.05) is 0 Å². The zero-order chi connectivity index (χ0) is 15.2. The van der Waals surface area contributed by atoms with Gasteiger partial charge in [-0.05, 0) is 52.1 Å². The van der Waals surface area contributed by atoms with E-state index in [2.05, 4.69) is 37.8 Å². The van der Waals surface area contributed by atoms with Crippen LogP contribution in [0.3, 0.4) is 0 Å². The molecule has 0 aliphatic rings. The minimum Gasteiger partial charge on any atom is -0.307 e. The third kappa shape index (κ3) is 4.36. The minimum atomic E-state index is -0.102. The first kappa shape index (κ1) is 15.6. The normalized spacial score (nSPS) is 11.7. The Kier molecular flexibility index (Phi) is 5.44. The second-order valence-corrected chi connectivity index (χ2v) is 5.71. The van der Waals surface area contributed by atoms with Crippen LogP contribution >= 0.6 is 15.9 Å². The van der Waals surface area contributed by atoms with Gasteiger partial charge in [0, 0.05) is 28.6 Å². The molecule has 0 bridgehead atoms. The van der Waals surface area contributed by atoms with Gasteiger partial charge in [0.05, 0.1) is 0 Å². The molecule has 5 heteroatoms. The average molecular weight is 348 g/mol. The van der Waals surface area contributed by atoms with Gasteiger partial charge in [0.25, 0.3) is 5.56 Å². The fraction of sp³-hybridized carbons (Fsp3) is 0.312. The molecule has 0 aromatic carbocycles. The molecule has 0 aliphatic carbocycles. The summed E-state index contributed by atoms with van der Waals surface area (Å²) < 4.78 is 0.924. The summed E-state index contributed by atoms with van der Waals surface area (Å²) in [6, 6.07) is 3.55. The highest BCUT2D eigenvalue weighted by Gasteiger charge is 2.06. The standard InChI is InChI=1S/C16H18BrN3O/c1-3-5-14-8-15(21)20-16(19-14)12(4-2)6-11-7-13(17)10-18-9-11/h6-10H,3-5H2,1-2H3,(H,19,20,21). The molecular formula is C16H18BrN3O. The molecule has 0 aliphatic heterocycles. The summed E-state index contributed by atoms with van der Waals surface area (Å²) in [5.74, 6) is 0.647. The summed E-state index contributed by atoms with van der Waals surface area (Å²) in [6.07, 6.45) is 8.10. The molecule has 2 aromatic heterocycles. The Labute approximate surface area is 132 Å². The van der Waals surface area contributed by atoms with E-state index in [1.807, 2.05) is 19.1 Å². The number of aromatic amines is 1. The van der Waals surface area contributed by atoms with Crippen LogP contribution in [0.5, 0.6) is 0 Å². The van der Waals surface area contributed by atoms with Gasteiger partial charge in [-0.15, -0.1) is 0 Å². The number of nitrogens with zero attached hydrogens (tertiary/aromatic N) is 2. The molecule has 0 amide bonds. The Balaban J connectivity index is 2.43. The Morgan fingerprint density at radius 1 is 1.33 bits per heavy atom. The molecule has 0 saturated heterocycles. The van der Waals surface area contributed by atoms with Crippen molar-refractivity contribution in [1.29, 1.82) is 0 Å². The van der Waals surface area contributed by atoms with E-state index in [9.17, 15) is 4.79 Å². The van der Waals surface area contributed by atoms with E-state index in [0.717, 1.165) is 40.6 Å². The molecule has 0 spiro atoms. The van der Waals surface area contributed by atoms with Crippen LogP contribution < -0.4 is 5.56 Å². The Bertz CT molecular complexity index is 707. The first-order valence-corrected chi connectivity index (χ1v) is 7.83. The lowest BCUT2D eigenvalue weighted by atomic mass is 10.1. The van der Waals surface area contributed by atoms with E-state index in [0.29, 0.717) is 5.82 Å². The molecule has 0 radical (unpaired) electrons. The van der Waals surface area contributed by atoms with Crippen LogP contribution in [0.15, 0.2) is 33.8 Å². The number of aryl methyl sites for hydroxylation is 1. The Hall–Kier alpha value is -1.75. The number of hydrogen-bond donors (Lipinski definition) is 1. The second-order valence-electron chi connectivity index (χ2n) is 4.79. The lowest BCUT2D eigenvalue weighted by Gasteiger charge is -2.06. The van der Waals surface area contributed by atoms with E-state index < -0.39 is 0 Å². The van der Waals surface area contributed by atoms with E-state index in [-0.39, 0.29) is 5.56 Å². The number of rotatable bonds is 5. The van der Waals surface area contributed by atoms with Crippen molar-refractivity contribution in [2.45, 2.75) is 33.1 Å². The molecule has 2 aromatic rings.